The first kappa shape index (κ1) is 16.4. The zero-order chi connectivity index (χ0) is 17.4. The molecule has 5 nitrogen and oxygen atoms in total. The maximum absolute atomic E-state index is 12.6. The summed E-state index contributed by atoms with van der Waals surface area (Å²) < 4.78 is 45.4. The number of benzene rings is 1. The number of rotatable bonds is 6. The summed E-state index contributed by atoms with van der Waals surface area (Å²) in [7, 11) is -3.59. The van der Waals surface area contributed by atoms with Crippen molar-refractivity contribution in [3.8, 4) is 10.6 Å². The third-order valence-corrected chi connectivity index (χ3v) is 7.20. The van der Waals surface area contributed by atoms with Gasteiger partial charge in [0.05, 0.1) is 4.88 Å². The lowest BCUT2D eigenvalue weighted by atomic mass is 10.1. The number of hydrogen-bond acceptors (Lipinski definition) is 5. The molecule has 2 atom stereocenters. The van der Waals surface area contributed by atoms with Crippen molar-refractivity contribution in [3.63, 3.8) is 0 Å². The quantitative estimate of drug-likeness (QED) is 0.710. The van der Waals surface area contributed by atoms with E-state index < -0.39 is 16.7 Å². The Morgan fingerprint density at radius 1 is 1.24 bits per heavy atom. The van der Waals surface area contributed by atoms with Gasteiger partial charge in [-0.15, -0.1) is 11.3 Å². The van der Waals surface area contributed by atoms with Gasteiger partial charge in [0, 0.05) is 18.0 Å². The lowest BCUT2D eigenvalue weighted by molar-refractivity contribution is 0.331. The molecule has 4 rings (SSSR count). The Bertz CT molecular complexity index is 982. The van der Waals surface area contributed by atoms with Gasteiger partial charge in [0.2, 0.25) is 10.0 Å². The van der Waals surface area contributed by atoms with Gasteiger partial charge < -0.3 is 4.52 Å². The average Bonchev–Trinajstić information content (AvgIpc) is 3.05. The summed E-state index contributed by atoms with van der Waals surface area (Å²) >= 11 is 1.09. The number of alkyl halides is 1. The lowest BCUT2D eigenvalue weighted by Crippen LogP contribution is -2.26. The van der Waals surface area contributed by atoms with Gasteiger partial charge >= 0.3 is 0 Å². The fourth-order valence-corrected chi connectivity index (χ4v) is 5.31. The predicted octanol–water partition coefficient (Wildman–Crippen LogP) is 3.71. The fourth-order valence-electron chi connectivity index (χ4n) is 2.75. The molecule has 1 aliphatic rings. The molecule has 1 aromatic carbocycles. The third kappa shape index (κ3) is 3.37. The van der Waals surface area contributed by atoms with Gasteiger partial charge in [-0.3, -0.25) is 0 Å². The second kappa shape index (κ2) is 6.36. The highest BCUT2D eigenvalue weighted by Gasteiger charge is 2.41. The molecule has 8 heteroatoms. The molecule has 1 fully saturated rings. The molecule has 130 valence electrons. The molecule has 0 unspecified atom stereocenters. The van der Waals surface area contributed by atoms with Crippen molar-refractivity contribution in [2.75, 3.05) is 0 Å². The van der Waals surface area contributed by atoms with E-state index in [1.807, 2.05) is 30.3 Å². The van der Waals surface area contributed by atoms with E-state index in [9.17, 15) is 12.8 Å². The highest BCUT2D eigenvalue weighted by molar-refractivity contribution is 7.91. The van der Waals surface area contributed by atoms with Crippen LogP contribution in [-0.4, -0.2) is 19.6 Å². The molecule has 0 radical (unpaired) electrons. The summed E-state index contributed by atoms with van der Waals surface area (Å²) in [5.41, 5.74) is 1.58. The Morgan fingerprint density at radius 3 is 2.76 bits per heavy atom. The van der Waals surface area contributed by atoms with Crippen LogP contribution in [0.25, 0.3) is 10.6 Å². The molecule has 3 aromatic rings. The maximum Gasteiger partial charge on any atom is 0.250 e. The molecule has 2 aromatic heterocycles. The summed E-state index contributed by atoms with van der Waals surface area (Å²) in [6, 6.07) is 14.4. The Morgan fingerprint density at radius 2 is 2.04 bits per heavy atom. The van der Waals surface area contributed by atoms with E-state index in [0.29, 0.717) is 10.6 Å². The molecule has 0 aliphatic heterocycles. The predicted molar refractivity (Wildman–Crippen MR) is 92.5 cm³/mol. The molecule has 0 saturated heterocycles. The van der Waals surface area contributed by atoms with Crippen LogP contribution in [0.4, 0.5) is 4.39 Å². The standard InChI is InChI=1S/C17H15FN2O3S2/c18-10-12-8-15(19-23-12)16-6-7-17(24-16)25(21,22)20-14-9-13(14)11-4-2-1-3-5-11/h1-8,13-14,20H,9-10H2/t13-,14+/m1/s1. The number of aromatic nitrogens is 1. The smallest absolute Gasteiger partial charge is 0.250 e. The Balaban J connectivity index is 1.48. The maximum atomic E-state index is 12.6. The topological polar surface area (TPSA) is 72.2 Å². The van der Waals surface area contributed by atoms with Gasteiger partial charge in [0.25, 0.3) is 0 Å². The normalized spacial score (nSPS) is 19.9. The summed E-state index contributed by atoms with van der Waals surface area (Å²) in [5, 5.41) is 3.76. The first-order valence-electron chi connectivity index (χ1n) is 7.76. The summed E-state index contributed by atoms with van der Waals surface area (Å²) in [6.07, 6.45) is 0.796. The van der Waals surface area contributed by atoms with Crippen molar-refractivity contribution in [3.05, 3.63) is 59.9 Å². The molecular formula is C17H15FN2O3S2. The molecule has 0 amide bonds. The fraction of sp³-hybridized carbons (Fsp3) is 0.235. The van der Waals surface area contributed by atoms with Crippen LogP contribution >= 0.6 is 11.3 Å². The van der Waals surface area contributed by atoms with Crippen LogP contribution in [0.1, 0.15) is 23.7 Å². The molecule has 1 N–H and O–H groups in total. The van der Waals surface area contributed by atoms with Crippen molar-refractivity contribution in [2.45, 2.75) is 29.3 Å². The van der Waals surface area contributed by atoms with Gasteiger partial charge in [-0.25, -0.2) is 17.5 Å². The third-order valence-electron chi connectivity index (χ3n) is 4.11. The SMILES string of the molecule is O=S(=O)(N[C@H]1C[C@@H]1c1ccccc1)c1ccc(-c2cc(CF)on2)s1. The molecule has 0 spiro atoms. The van der Waals surface area contributed by atoms with E-state index in [2.05, 4.69) is 9.88 Å². The van der Waals surface area contributed by atoms with Crippen LogP contribution in [0, 0.1) is 0 Å². The van der Waals surface area contributed by atoms with Crippen molar-refractivity contribution < 1.29 is 17.3 Å². The minimum Gasteiger partial charge on any atom is -0.358 e. The van der Waals surface area contributed by atoms with Gasteiger partial charge in [-0.1, -0.05) is 35.5 Å². The number of thiophene rings is 1. The molecule has 0 bridgehead atoms. The van der Waals surface area contributed by atoms with Crippen LogP contribution in [0.15, 0.2) is 57.3 Å². The monoisotopic (exact) mass is 378 g/mol. The highest BCUT2D eigenvalue weighted by atomic mass is 32.2. The summed E-state index contributed by atoms with van der Waals surface area (Å²) in [4.78, 5) is 0.624. The number of hydrogen-bond donors (Lipinski definition) is 1. The number of halogens is 1. The van der Waals surface area contributed by atoms with E-state index in [0.717, 1.165) is 23.3 Å². The van der Waals surface area contributed by atoms with E-state index >= 15 is 0 Å². The lowest BCUT2D eigenvalue weighted by Gasteiger charge is -2.04. The van der Waals surface area contributed by atoms with Crippen molar-refractivity contribution in [2.24, 2.45) is 0 Å². The van der Waals surface area contributed by atoms with E-state index in [1.54, 1.807) is 6.07 Å². The summed E-state index contributed by atoms with van der Waals surface area (Å²) in [5.74, 6) is 0.340. The Hall–Kier alpha value is -2.03. The zero-order valence-electron chi connectivity index (χ0n) is 13.1. The van der Waals surface area contributed by atoms with Crippen LogP contribution in [0.3, 0.4) is 0 Å². The second-order valence-electron chi connectivity index (χ2n) is 5.91. The highest BCUT2D eigenvalue weighted by Crippen LogP contribution is 2.42. The Kier molecular flexibility index (Phi) is 4.18. The van der Waals surface area contributed by atoms with Crippen molar-refractivity contribution in [1.29, 1.82) is 0 Å². The minimum absolute atomic E-state index is 0.0804. The largest absolute Gasteiger partial charge is 0.358 e. The second-order valence-corrected chi connectivity index (χ2v) is 8.94. The molecule has 1 saturated carbocycles. The molecular weight excluding hydrogens is 363 g/mol. The number of nitrogens with one attached hydrogen (secondary N) is 1. The zero-order valence-corrected chi connectivity index (χ0v) is 14.7. The first-order valence-corrected chi connectivity index (χ1v) is 10.1. The van der Waals surface area contributed by atoms with Crippen LogP contribution in [0.5, 0.6) is 0 Å². The first-order chi connectivity index (χ1) is 12.1. The average molecular weight is 378 g/mol. The molecule has 2 heterocycles. The number of sulfonamides is 1. The molecule has 1 aliphatic carbocycles. The van der Waals surface area contributed by atoms with E-state index in [-0.39, 0.29) is 21.9 Å². The van der Waals surface area contributed by atoms with Gasteiger partial charge in [-0.05, 0) is 24.1 Å². The van der Waals surface area contributed by atoms with Gasteiger partial charge in [0.15, 0.2) is 5.76 Å². The van der Waals surface area contributed by atoms with Gasteiger partial charge in [0.1, 0.15) is 16.6 Å². The van der Waals surface area contributed by atoms with Crippen LogP contribution < -0.4 is 4.72 Å². The van der Waals surface area contributed by atoms with Crippen molar-refractivity contribution >= 4 is 21.4 Å². The van der Waals surface area contributed by atoms with E-state index in [1.165, 1.54) is 12.1 Å². The molecule has 25 heavy (non-hydrogen) atoms. The van der Waals surface area contributed by atoms with Gasteiger partial charge in [-0.2, -0.15) is 0 Å². The van der Waals surface area contributed by atoms with Crippen LogP contribution in [0.2, 0.25) is 0 Å². The van der Waals surface area contributed by atoms with E-state index in [4.69, 9.17) is 4.52 Å². The Labute approximate surface area is 148 Å². The van der Waals surface area contributed by atoms with Crippen LogP contribution in [-0.2, 0) is 16.7 Å². The number of nitrogens with zero attached hydrogens (tertiary/aromatic N) is 1. The van der Waals surface area contributed by atoms with Crippen molar-refractivity contribution in [1.82, 2.24) is 9.88 Å². The summed E-state index contributed by atoms with van der Waals surface area (Å²) in [6.45, 7) is -0.742. The minimum atomic E-state index is -3.59.